The van der Waals surface area contributed by atoms with E-state index < -0.39 is 0 Å². The summed E-state index contributed by atoms with van der Waals surface area (Å²) in [5, 5.41) is 13.4. The van der Waals surface area contributed by atoms with Crippen molar-refractivity contribution in [3.8, 4) is 40.0 Å². The van der Waals surface area contributed by atoms with Crippen LogP contribution in [0.2, 0.25) is 0 Å². The molecule has 6 nitrogen and oxygen atoms in total. The van der Waals surface area contributed by atoms with Gasteiger partial charge in [-0.3, -0.25) is 9.67 Å². The maximum atomic E-state index is 8.93. The highest BCUT2D eigenvalue weighted by atomic mass is 15.3. The second-order valence-electron chi connectivity index (χ2n) is 7.18. The van der Waals surface area contributed by atoms with E-state index in [1.165, 1.54) is 0 Å². The Morgan fingerprint density at radius 3 is 2.52 bits per heavy atom. The van der Waals surface area contributed by atoms with Gasteiger partial charge in [0.05, 0.1) is 36.3 Å². The molecule has 5 rings (SSSR count). The van der Waals surface area contributed by atoms with E-state index in [9.17, 15) is 0 Å². The number of aromatic amines is 1. The van der Waals surface area contributed by atoms with Crippen molar-refractivity contribution in [2.24, 2.45) is 0 Å². The second kappa shape index (κ2) is 8.09. The molecule has 2 aromatic carbocycles. The zero-order chi connectivity index (χ0) is 21.0. The van der Waals surface area contributed by atoms with Gasteiger partial charge in [-0.15, -0.1) is 0 Å². The molecule has 0 unspecified atom stereocenters. The van der Waals surface area contributed by atoms with Crippen LogP contribution >= 0.6 is 0 Å². The average molecular weight is 402 g/mol. The van der Waals surface area contributed by atoms with E-state index in [-0.39, 0.29) is 0 Å². The van der Waals surface area contributed by atoms with Crippen LogP contribution in [0.3, 0.4) is 0 Å². The molecule has 0 aliphatic heterocycles. The molecule has 6 heteroatoms. The number of nitrogens with one attached hydrogen (secondary N) is 1. The molecule has 5 aromatic rings. The molecule has 0 atom stereocenters. The van der Waals surface area contributed by atoms with E-state index in [2.05, 4.69) is 26.1 Å². The lowest BCUT2D eigenvalue weighted by molar-refractivity contribution is 0.687. The van der Waals surface area contributed by atoms with Gasteiger partial charge in [0.25, 0.3) is 0 Å². The summed E-state index contributed by atoms with van der Waals surface area (Å²) in [5.74, 6) is 0.727. The first-order valence-corrected chi connectivity index (χ1v) is 9.87. The Balaban J connectivity index is 1.37. The van der Waals surface area contributed by atoms with E-state index >= 15 is 0 Å². The smallest absolute Gasteiger partial charge is 0.156 e. The Hall–Kier alpha value is -4.50. The van der Waals surface area contributed by atoms with Gasteiger partial charge in [-0.05, 0) is 41.0 Å². The van der Waals surface area contributed by atoms with Gasteiger partial charge in [-0.25, -0.2) is 4.98 Å². The van der Waals surface area contributed by atoms with Crippen LogP contribution in [0.4, 0.5) is 0 Å². The fraction of sp³-hybridized carbons (Fsp3) is 0.0400. The lowest BCUT2D eigenvalue weighted by atomic mass is 10.1. The minimum absolute atomic E-state index is 0.641. The van der Waals surface area contributed by atoms with Crippen molar-refractivity contribution in [3.05, 3.63) is 103 Å². The zero-order valence-corrected chi connectivity index (χ0v) is 16.6. The highest BCUT2D eigenvalue weighted by Gasteiger charge is 2.09. The quantitative estimate of drug-likeness (QED) is 0.452. The number of imidazole rings is 1. The average Bonchev–Trinajstić information content (AvgIpc) is 3.51. The standard InChI is InChI=1S/C25H18N6/c26-13-18-6-8-19(9-7-18)16-31-17-22(14-29-31)21-10-11-27-23(12-21)25-28-15-24(30-25)20-4-2-1-3-5-20/h1-12,14-15,17H,16H2,(H,28,30). The van der Waals surface area contributed by atoms with Gasteiger partial charge in [-0.1, -0.05) is 42.5 Å². The first-order chi connectivity index (χ1) is 15.3. The maximum Gasteiger partial charge on any atom is 0.156 e. The number of nitriles is 1. The van der Waals surface area contributed by atoms with Gasteiger partial charge in [0.1, 0.15) is 5.69 Å². The predicted molar refractivity (Wildman–Crippen MR) is 119 cm³/mol. The lowest BCUT2D eigenvalue weighted by Crippen LogP contribution is -1.99. The molecule has 1 N–H and O–H groups in total. The summed E-state index contributed by atoms with van der Waals surface area (Å²) < 4.78 is 1.89. The summed E-state index contributed by atoms with van der Waals surface area (Å²) in [6.07, 6.45) is 7.47. The number of benzene rings is 2. The lowest BCUT2D eigenvalue weighted by Gasteiger charge is -2.02. The molecule has 0 amide bonds. The molecule has 0 fully saturated rings. The topological polar surface area (TPSA) is 83.2 Å². The van der Waals surface area contributed by atoms with Gasteiger partial charge < -0.3 is 4.98 Å². The van der Waals surface area contributed by atoms with Crippen LogP contribution in [0.15, 0.2) is 91.5 Å². The van der Waals surface area contributed by atoms with Gasteiger partial charge in [0, 0.05) is 18.0 Å². The number of pyridine rings is 1. The number of H-pyrrole nitrogens is 1. The first kappa shape index (κ1) is 18.5. The van der Waals surface area contributed by atoms with Crippen molar-refractivity contribution in [3.63, 3.8) is 0 Å². The van der Waals surface area contributed by atoms with Crippen LogP contribution in [0.1, 0.15) is 11.1 Å². The molecule has 0 radical (unpaired) electrons. The van der Waals surface area contributed by atoms with Crippen molar-refractivity contribution in [1.29, 1.82) is 5.26 Å². The van der Waals surface area contributed by atoms with E-state index in [4.69, 9.17) is 5.26 Å². The van der Waals surface area contributed by atoms with Gasteiger partial charge in [0.2, 0.25) is 0 Å². The van der Waals surface area contributed by atoms with Crippen molar-refractivity contribution in [1.82, 2.24) is 24.7 Å². The Kier molecular flexibility index (Phi) is 4.83. The fourth-order valence-electron chi connectivity index (χ4n) is 3.43. The molecular formula is C25H18N6. The highest BCUT2D eigenvalue weighted by molar-refractivity contribution is 5.68. The van der Waals surface area contributed by atoms with Gasteiger partial charge in [-0.2, -0.15) is 10.4 Å². The van der Waals surface area contributed by atoms with Crippen LogP contribution in [0.25, 0.3) is 33.9 Å². The van der Waals surface area contributed by atoms with E-state index in [0.717, 1.165) is 39.5 Å². The third-order valence-corrected chi connectivity index (χ3v) is 5.06. The molecule has 0 spiro atoms. The van der Waals surface area contributed by atoms with Gasteiger partial charge in [0.15, 0.2) is 5.82 Å². The van der Waals surface area contributed by atoms with Crippen LogP contribution in [-0.4, -0.2) is 24.7 Å². The molecule has 148 valence electrons. The zero-order valence-electron chi connectivity index (χ0n) is 16.6. The summed E-state index contributed by atoms with van der Waals surface area (Å²) in [7, 11) is 0. The molecule has 31 heavy (non-hydrogen) atoms. The third kappa shape index (κ3) is 3.98. The molecule has 3 heterocycles. The minimum atomic E-state index is 0.641. The number of aromatic nitrogens is 5. The van der Waals surface area contributed by atoms with Crippen molar-refractivity contribution in [2.45, 2.75) is 6.54 Å². The number of nitrogens with zero attached hydrogens (tertiary/aromatic N) is 5. The molecule has 0 aliphatic rings. The molecule has 3 aromatic heterocycles. The second-order valence-corrected chi connectivity index (χ2v) is 7.18. The first-order valence-electron chi connectivity index (χ1n) is 9.87. The number of hydrogen-bond donors (Lipinski definition) is 1. The fourth-order valence-corrected chi connectivity index (χ4v) is 3.43. The number of hydrogen-bond acceptors (Lipinski definition) is 4. The third-order valence-electron chi connectivity index (χ3n) is 5.06. The van der Waals surface area contributed by atoms with E-state index in [1.807, 2.05) is 90.0 Å². The summed E-state index contributed by atoms with van der Waals surface area (Å²) in [4.78, 5) is 12.4. The van der Waals surface area contributed by atoms with E-state index in [0.29, 0.717) is 12.1 Å². The molecule has 0 bridgehead atoms. The monoisotopic (exact) mass is 402 g/mol. The van der Waals surface area contributed by atoms with Crippen LogP contribution in [-0.2, 0) is 6.54 Å². The van der Waals surface area contributed by atoms with Crippen molar-refractivity contribution in [2.75, 3.05) is 0 Å². The van der Waals surface area contributed by atoms with Gasteiger partial charge >= 0.3 is 0 Å². The Labute approximate surface area is 179 Å². The molecule has 0 aliphatic carbocycles. The van der Waals surface area contributed by atoms with Crippen LogP contribution in [0, 0.1) is 11.3 Å². The van der Waals surface area contributed by atoms with Crippen molar-refractivity contribution >= 4 is 0 Å². The predicted octanol–water partition coefficient (Wildman–Crippen LogP) is 4.92. The highest BCUT2D eigenvalue weighted by Crippen LogP contribution is 2.25. The number of rotatable bonds is 5. The summed E-state index contributed by atoms with van der Waals surface area (Å²) >= 11 is 0. The van der Waals surface area contributed by atoms with Crippen LogP contribution < -0.4 is 0 Å². The van der Waals surface area contributed by atoms with Crippen LogP contribution in [0.5, 0.6) is 0 Å². The summed E-state index contributed by atoms with van der Waals surface area (Å²) in [6.45, 7) is 0.641. The normalized spacial score (nSPS) is 10.7. The maximum absolute atomic E-state index is 8.93. The van der Waals surface area contributed by atoms with Crippen molar-refractivity contribution < 1.29 is 0 Å². The molecule has 0 saturated heterocycles. The Morgan fingerprint density at radius 1 is 0.871 bits per heavy atom. The SMILES string of the molecule is N#Cc1ccc(Cn2cc(-c3ccnc(-c4ncc(-c5ccccc5)[nH]4)c3)cn2)cc1. The minimum Gasteiger partial charge on any atom is -0.337 e. The molecule has 0 saturated carbocycles. The Morgan fingerprint density at radius 2 is 1.71 bits per heavy atom. The van der Waals surface area contributed by atoms with E-state index in [1.54, 1.807) is 6.20 Å². The Bertz CT molecular complexity index is 1360. The molecular weight excluding hydrogens is 384 g/mol. The summed E-state index contributed by atoms with van der Waals surface area (Å²) in [6, 6.07) is 23.7. The summed E-state index contributed by atoms with van der Waals surface area (Å²) in [5.41, 5.74) is 6.59. The largest absolute Gasteiger partial charge is 0.337 e.